The molecular weight excluding hydrogens is 215 g/mol. The van der Waals surface area contributed by atoms with Gasteiger partial charge in [-0.3, -0.25) is 4.79 Å². The van der Waals surface area contributed by atoms with Gasteiger partial charge in [0.2, 0.25) is 5.91 Å². The predicted octanol–water partition coefficient (Wildman–Crippen LogP) is 0.616. The monoisotopic (exact) mass is 225 g/mol. The van der Waals surface area contributed by atoms with Crippen molar-refractivity contribution in [1.82, 2.24) is 5.32 Å². The largest absolute Gasteiger partial charge is 0.467 e. The summed E-state index contributed by atoms with van der Waals surface area (Å²) in [5.41, 5.74) is -1.90. The van der Waals surface area contributed by atoms with E-state index in [1.165, 1.54) is 0 Å². The Balaban J connectivity index is 2.85. The average molecular weight is 225 g/mol. The van der Waals surface area contributed by atoms with Crippen molar-refractivity contribution in [3.8, 4) is 0 Å². The van der Waals surface area contributed by atoms with Crippen LogP contribution in [-0.2, 0) is 14.3 Å². The van der Waals surface area contributed by atoms with E-state index in [1.54, 1.807) is 0 Å². The minimum Gasteiger partial charge on any atom is -0.467 e. The van der Waals surface area contributed by atoms with Gasteiger partial charge in [-0.25, -0.2) is 4.79 Å². The smallest absolute Gasteiger partial charge is 0.394 e. The lowest BCUT2D eigenvalue weighted by Gasteiger charge is -2.16. The van der Waals surface area contributed by atoms with E-state index >= 15 is 0 Å². The highest BCUT2D eigenvalue weighted by atomic mass is 19.4. The first kappa shape index (κ1) is 11.8. The molecule has 1 aliphatic rings. The number of nitrogens with one attached hydrogen (secondary N) is 1. The van der Waals surface area contributed by atoms with Crippen molar-refractivity contribution >= 4 is 11.9 Å². The molecule has 0 bridgehead atoms. The topological polar surface area (TPSA) is 55.4 Å². The van der Waals surface area contributed by atoms with Crippen LogP contribution in [0, 0.1) is 5.92 Å². The molecule has 4 nitrogen and oxygen atoms in total. The third-order valence-corrected chi connectivity index (χ3v) is 2.30. The lowest BCUT2D eigenvalue weighted by molar-refractivity contribution is -0.166. The predicted molar refractivity (Wildman–Crippen MR) is 42.7 cm³/mol. The number of halogens is 3. The summed E-state index contributed by atoms with van der Waals surface area (Å²) >= 11 is 0. The zero-order valence-corrected chi connectivity index (χ0v) is 8.14. The highest BCUT2D eigenvalue weighted by Gasteiger charge is 2.72. The molecule has 1 rings (SSSR count). The number of methoxy groups -OCH3 is 1. The number of hydrogen-bond acceptors (Lipinski definition) is 3. The lowest BCUT2D eigenvalue weighted by Crippen LogP contribution is -2.46. The van der Waals surface area contributed by atoms with Crippen LogP contribution in [0.1, 0.15) is 13.3 Å². The maximum atomic E-state index is 12.3. The Kier molecular flexibility index (Phi) is 2.67. The van der Waals surface area contributed by atoms with Gasteiger partial charge in [-0.05, 0) is 6.42 Å². The SMILES string of the molecule is COC(=O)[C@]1(NC(C)=O)C[C@@H]1C(F)(F)F. The molecule has 0 saturated heterocycles. The summed E-state index contributed by atoms with van der Waals surface area (Å²) in [7, 11) is 0.984. The summed E-state index contributed by atoms with van der Waals surface area (Å²) in [6.07, 6.45) is -4.96. The van der Waals surface area contributed by atoms with Gasteiger partial charge in [-0.2, -0.15) is 13.2 Å². The van der Waals surface area contributed by atoms with E-state index in [4.69, 9.17) is 0 Å². The maximum absolute atomic E-state index is 12.3. The standard InChI is InChI=1S/C8H10F3NO3/c1-4(13)12-7(6(14)15-2)3-5(7)8(9,10)11/h5H,3H2,1-2H3,(H,12,13)/t5-,7-/m0/s1. The first-order valence-electron chi connectivity index (χ1n) is 4.18. The second-order valence-electron chi connectivity index (χ2n) is 3.44. The molecule has 0 heterocycles. The molecule has 0 aliphatic heterocycles. The minimum absolute atomic E-state index is 0.456. The Morgan fingerprint density at radius 3 is 2.27 bits per heavy atom. The summed E-state index contributed by atoms with van der Waals surface area (Å²) in [5.74, 6) is -3.59. The summed E-state index contributed by atoms with van der Waals surface area (Å²) in [5, 5.41) is 2.00. The summed E-state index contributed by atoms with van der Waals surface area (Å²) in [4.78, 5) is 21.9. The Hall–Kier alpha value is -1.27. The van der Waals surface area contributed by atoms with E-state index in [0.29, 0.717) is 0 Å². The molecule has 2 atom stereocenters. The van der Waals surface area contributed by atoms with Crippen molar-refractivity contribution in [3.63, 3.8) is 0 Å². The van der Waals surface area contributed by atoms with E-state index in [1.807, 2.05) is 5.32 Å². The number of carbonyl (C=O) groups excluding carboxylic acids is 2. The molecule has 1 aliphatic carbocycles. The molecule has 0 radical (unpaired) electrons. The molecule has 0 spiro atoms. The fraction of sp³-hybridized carbons (Fsp3) is 0.750. The summed E-state index contributed by atoms with van der Waals surface area (Å²) in [6, 6.07) is 0. The van der Waals surface area contributed by atoms with E-state index in [0.717, 1.165) is 14.0 Å². The van der Waals surface area contributed by atoms with Crippen LogP contribution < -0.4 is 5.32 Å². The molecule has 86 valence electrons. The molecule has 1 saturated carbocycles. The van der Waals surface area contributed by atoms with Gasteiger partial charge in [-0.15, -0.1) is 0 Å². The highest BCUT2D eigenvalue weighted by molar-refractivity contribution is 5.90. The first-order valence-corrected chi connectivity index (χ1v) is 4.18. The van der Waals surface area contributed by atoms with Crippen molar-refractivity contribution in [2.45, 2.75) is 25.1 Å². The van der Waals surface area contributed by atoms with Crippen LogP contribution in [0.3, 0.4) is 0 Å². The van der Waals surface area contributed by atoms with Gasteiger partial charge in [0.1, 0.15) is 0 Å². The van der Waals surface area contributed by atoms with Crippen LogP contribution in [-0.4, -0.2) is 30.7 Å². The molecule has 0 aromatic carbocycles. The Labute approximate surface area is 83.8 Å². The number of esters is 1. The van der Waals surface area contributed by atoms with Crippen LogP contribution in [0.2, 0.25) is 0 Å². The lowest BCUT2D eigenvalue weighted by atomic mass is 10.2. The van der Waals surface area contributed by atoms with Crippen LogP contribution in [0.25, 0.3) is 0 Å². The van der Waals surface area contributed by atoms with Gasteiger partial charge in [0, 0.05) is 6.92 Å². The maximum Gasteiger partial charge on any atom is 0.394 e. The highest BCUT2D eigenvalue weighted by Crippen LogP contribution is 2.53. The number of rotatable bonds is 2. The van der Waals surface area contributed by atoms with Crippen molar-refractivity contribution in [2.24, 2.45) is 5.92 Å². The molecule has 0 unspecified atom stereocenters. The summed E-state index contributed by atoms with van der Waals surface area (Å²) < 4.78 is 41.2. The zero-order chi connectivity index (χ0) is 11.9. The molecule has 7 heteroatoms. The molecule has 0 aromatic heterocycles. The first-order chi connectivity index (χ1) is 6.74. The van der Waals surface area contributed by atoms with E-state index in [2.05, 4.69) is 4.74 Å². The molecule has 1 fully saturated rings. The Morgan fingerprint density at radius 1 is 1.47 bits per heavy atom. The van der Waals surface area contributed by atoms with Gasteiger partial charge < -0.3 is 10.1 Å². The average Bonchev–Trinajstić information content (AvgIpc) is 2.77. The minimum atomic E-state index is -4.50. The van der Waals surface area contributed by atoms with Gasteiger partial charge in [0.05, 0.1) is 13.0 Å². The van der Waals surface area contributed by atoms with Crippen LogP contribution in [0.5, 0.6) is 0 Å². The van der Waals surface area contributed by atoms with Crippen LogP contribution in [0.15, 0.2) is 0 Å². The van der Waals surface area contributed by atoms with Crippen LogP contribution in [0.4, 0.5) is 13.2 Å². The van der Waals surface area contributed by atoms with E-state index in [9.17, 15) is 22.8 Å². The number of carbonyl (C=O) groups is 2. The number of ether oxygens (including phenoxy) is 1. The molecule has 1 amide bonds. The van der Waals surface area contributed by atoms with Gasteiger partial charge in [0.25, 0.3) is 0 Å². The van der Waals surface area contributed by atoms with E-state index in [-0.39, 0.29) is 0 Å². The summed E-state index contributed by atoms with van der Waals surface area (Å²) in [6.45, 7) is 1.05. The Morgan fingerprint density at radius 2 is 2.00 bits per heavy atom. The third-order valence-electron chi connectivity index (χ3n) is 2.30. The van der Waals surface area contributed by atoms with Crippen molar-refractivity contribution in [3.05, 3.63) is 0 Å². The Bertz CT molecular complexity index is 302. The van der Waals surface area contributed by atoms with Gasteiger partial charge >= 0.3 is 12.1 Å². The normalized spacial score (nSPS) is 29.5. The second kappa shape index (κ2) is 3.39. The number of alkyl halides is 3. The molecule has 1 N–H and O–H groups in total. The van der Waals surface area contributed by atoms with E-state index < -0.39 is 35.9 Å². The third kappa shape index (κ3) is 2.05. The number of amides is 1. The molecular formula is C8H10F3NO3. The quantitative estimate of drug-likeness (QED) is 0.701. The molecule has 15 heavy (non-hydrogen) atoms. The van der Waals surface area contributed by atoms with Crippen molar-refractivity contribution in [1.29, 1.82) is 0 Å². The fourth-order valence-electron chi connectivity index (χ4n) is 1.57. The second-order valence-corrected chi connectivity index (χ2v) is 3.44. The van der Waals surface area contributed by atoms with Crippen molar-refractivity contribution in [2.75, 3.05) is 7.11 Å². The van der Waals surface area contributed by atoms with Gasteiger partial charge in [-0.1, -0.05) is 0 Å². The number of hydrogen-bond donors (Lipinski definition) is 1. The molecule has 0 aromatic rings. The van der Waals surface area contributed by atoms with Crippen LogP contribution >= 0.6 is 0 Å². The zero-order valence-electron chi connectivity index (χ0n) is 8.14. The van der Waals surface area contributed by atoms with Gasteiger partial charge in [0.15, 0.2) is 5.54 Å². The fourth-order valence-corrected chi connectivity index (χ4v) is 1.57. The van der Waals surface area contributed by atoms with Crippen molar-refractivity contribution < 1.29 is 27.5 Å².